The van der Waals surface area contributed by atoms with Crippen molar-refractivity contribution in [3.8, 4) is 0 Å². The highest BCUT2D eigenvalue weighted by Gasteiger charge is 2.20. The maximum absolute atomic E-state index is 13.0. The number of nitrogens with zero attached hydrogens (tertiary/aromatic N) is 2. The number of benzene rings is 2. The Morgan fingerprint density at radius 1 is 1.03 bits per heavy atom. The maximum Gasteiger partial charge on any atom is 0.241 e. The molecule has 0 spiro atoms. The summed E-state index contributed by atoms with van der Waals surface area (Å²) >= 11 is 0. The van der Waals surface area contributed by atoms with Gasteiger partial charge in [-0.15, -0.1) is 0 Å². The second-order valence-corrected chi connectivity index (χ2v) is 7.28. The van der Waals surface area contributed by atoms with Crippen LogP contribution in [0.3, 0.4) is 0 Å². The molecule has 0 bridgehead atoms. The van der Waals surface area contributed by atoms with E-state index in [-0.39, 0.29) is 24.2 Å². The molecule has 0 aromatic heterocycles. The van der Waals surface area contributed by atoms with Gasteiger partial charge in [0.2, 0.25) is 11.8 Å². The summed E-state index contributed by atoms with van der Waals surface area (Å²) < 4.78 is 18.3. The molecule has 0 radical (unpaired) electrons. The molecule has 2 aromatic rings. The first kappa shape index (κ1) is 21.7. The third kappa shape index (κ3) is 6.01. The Morgan fingerprint density at radius 3 is 2.23 bits per heavy atom. The molecule has 0 aliphatic carbocycles. The van der Waals surface area contributed by atoms with Crippen molar-refractivity contribution in [2.24, 2.45) is 0 Å². The quantitative estimate of drug-likeness (QED) is 0.729. The Kier molecular flexibility index (Phi) is 7.37. The molecule has 0 saturated carbocycles. The molecule has 7 nitrogen and oxygen atoms in total. The van der Waals surface area contributed by atoms with Crippen molar-refractivity contribution in [1.29, 1.82) is 0 Å². The van der Waals surface area contributed by atoms with Gasteiger partial charge in [-0.25, -0.2) is 4.39 Å². The monoisotopic (exact) mass is 414 g/mol. The number of hydrogen-bond donors (Lipinski definition) is 2. The van der Waals surface area contributed by atoms with Crippen LogP contribution in [-0.2, 0) is 14.3 Å². The second kappa shape index (κ2) is 10.2. The molecular weight excluding hydrogens is 387 g/mol. The van der Waals surface area contributed by atoms with Crippen molar-refractivity contribution in [1.82, 2.24) is 4.90 Å². The zero-order valence-corrected chi connectivity index (χ0v) is 17.2. The van der Waals surface area contributed by atoms with Gasteiger partial charge in [-0.05, 0) is 62.5 Å². The summed E-state index contributed by atoms with van der Waals surface area (Å²) in [5, 5.41) is 5.57. The van der Waals surface area contributed by atoms with E-state index < -0.39 is 6.04 Å². The van der Waals surface area contributed by atoms with Crippen LogP contribution in [0.25, 0.3) is 0 Å². The number of anilines is 3. The lowest BCUT2D eigenvalue weighted by molar-refractivity contribution is -0.122. The summed E-state index contributed by atoms with van der Waals surface area (Å²) in [6.07, 6.45) is 0. The molecule has 160 valence electrons. The third-order valence-electron chi connectivity index (χ3n) is 5.07. The van der Waals surface area contributed by atoms with Crippen LogP contribution in [0, 0.1) is 5.82 Å². The first-order valence-corrected chi connectivity index (χ1v) is 9.91. The van der Waals surface area contributed by atoms with E-state index in [1.165, 1.54) is 24.3 Å². The highest BCUT2D eigenvalue weighted by atomic mass is 19.1. The van der Waals surface area contributed by atoms with E-state index in [1.807, 2.05) is 24.3 Å². The van der Waals surface area contributed by atoms with E-state index in [0.717, 1.165) is 32.0 Å². The van der Waals surface area contributed by atoms with Gasteiger partial charge in [0.25, 0.3) is 0 Å². The molecule has 3 rings (SSSR count). The van der Waals surface area contributed by atoms with E-state index in [0.29, 0.717) is 11.4 Å². The molecule has 1 fully saturated rings. The molecule has 1 aliphatic rings. The van der Waals surface area contributed by atoms with Crippen LogP contribution in [0.5, 0.6) is 0 Å². The van der Waals surface area contributed by atoms with Gasteiger partial charge >= 0.3 is 0 Å². The van der Waals surface area contributed by atoms with Gasteiger partial charge in [0.05, 0.1) is 25.8 Å². The van der Waals surface area contributed by atoms with Crippen molar-refractivity contribution in [3.05, 3.63) is 54.3 Å². The summed E-state index contributed by atoms with van der Waals surface area (Å²) in [6, 6.07) is 12.7. The summed E-state index contributed by atoms with van der Waals surface area (Å²) in [5.74, 6) is -0.849. The lowest BCUT2D eigenvalue weighted by atomic mass is 10.2. The summed E-state index contributed by atoms with van der Waals surface area (Å²) in [7, 11) is 1.70. The lowest BCUT2D eigenvalue weighted by Gasteiger charge is -2.29. The number of nitrogens with one attached hydrogen (secondary N) is 2. The van der Waals surface area contributed by atoms with E-state index in [9.17, 15) is 14.0 Å². The first-order valence-electron chi connectivity index (χ1n) is 9.91. The largest absolute Gasteiger partial charge is 0.378 e. The standard InChI is InChI=1S/C22H27FN4O3/c1-16(26(2)15-21(28)24-18-5-3-17(23)4-6-18)22(29)25-19-7-9-20(10-8-19)27-11-13-30-14-12-27/h3-10,16H,11-15H2,1-2H3,(H,24,28)(H,25,29)/t16-/m0/s1. The zero-order valence-electron chi connectivity index (χ0n) is 17.2. The fourth-order valence-electron chi connectivity index (χ4n) is 3.12. The van der Waals surface area contributed by atoms with Crippen molar-refractivity contribution in [2.45, 2.75) is 13.0 Å². The number of likely N-dealkylation sites (N-methyl/N-ethyl adjacent to an activating group) is 1. The zero-order chi connectivity index (χ0) is 21.5. The fourth-order valence-corrected chi connectivity index (χ4v) is 3.12. The average Bonchev–Trinajstić information content (AvgIpc) is 2.76. The number of carbonyl (C=O) groups is 2. The Morgan fingerprint density at radius 2 is 1.60 bits per heavy atom. The van der Waals surface area contributed by atoms with Crippen LogP contribution in [0.4, 0.5) is 21.5 Å². The molecule has 1 heterocycles. The molecule has 2 aromatic carbocycles. The Bertz CT molecular complexity index is 852. The Hall–Kier alpha value is -2.97. The number of morpholine rings is 1. The van der Waals surface area contributed by atoms with Crippen molar-refractivity contribution in [2.75, 3.05) is 55.4 Å². The number of halogens is 1. The molecular formula is C22H27FN4O3. The normalized spacial score (nSPS) is 15.0. The minimum absolute atomic E-state index is 0.0297. The molecule has 1 atom stereocenters. The number of carbonyl (C=O) groups excluding carboxylic acids is 2. The van der Waals surface area contributed by atoms with E-state index in [1.54, 1.807) is 18.9 Å². The van der Waals surface area contributed by atoms with Gasteiger partial charge in [0.15, 0.2) is 0 Å². The highest BCUT2D eigenvalue weighted by molar-refractivity contribution is 5.96. The topological polar surface area (TPSA) is 73.9 Å². The van der Waals surface area contributed by atoms with Gasteiger partial charge in [-0.3, -0.25) is 14.5 Å². The average molecular weight is 414 g/mol. The number of rotatable bonds is 7. The molecule has 1 saturated heterocycles. The maximum atomic E-state index is 13.0. The second-order valence-electron chi connectivity index (χ2n) is 7.28. The summed E-state index contributed by atoms with van der Waals surface area (Å²) in [5.41, 5.74) is 2.30. The SMILES string of the molecule is C[C@@H](C(=O)Nc1ccc(N2CCOCC2)cc1)N(C)CC(=O)Nc1ccc(F)cc1. The van der Waals surface area contributed by atoms with Crippen LogP contribution < -0.4 is 15.5 Å². The van der Waals surface area contributed by atoms with Gasteiger partial charge in [-0.1, -0.05) is 0 Å². The van der Waals surface area contributed by atoms with E-state index in [4.69, 9.17) is 4.74 Å². The smallest absolute Gasteiger partial charge is 0.241 e. The van der Waals surface area contributed by atoms with Crippen LogP contribution in [0.2, 0.25) is 0 Å². The highest BCUT2D eigenvalue weighted by Crippen LogP contribution is 2.19. The summed E-state index contributed by atoms with van der Waals surface area (Å²) in [6.45, 7) is 4.92. The van der Waals surface area contributed by atoms with E-state index >= 15 is 0 Å². The van der Waals surface area contributed by atoms with Crippen LogP contribution >= 0.6 is 0 Å². The Labute approximate surface area is 175 Å². The Balaban J connectivity index is 1.49. The molecule has 8 heteroatoms. The number of hydrogen-bond acceptors (Lipinski definition) is 5. The number of ether oxygens (including phenoxy) is 1. The molecule has 2 N–H and O–H groups in total. The lowest BCUT2D eigenvalue weighted by Crippen LogP contribution is -2.43. The third-order valence-corrected chi connectivity index (χ3v) is 5.07. The molecule has 0 unspecified atom stereocenters. The predicted octanol–water partition coefficient (Wildman–Crippen LogP) is 2.56. The molecule has 1 aliphatic heterocycles. The first-order chi connectivity index (χ1) is 14.4. The van der Waals surface area contributed by atoms with Crippen LogP contribution in [0.1, 0.15) is 6.92 Å². The van der Waals surface area contributed by atoms with E-state index in [2.05, 4.69) is 15.5 Å². The van der Waals surface area contributed by atoms with Crippen molar-refractivity contribution >= 4 is 28.9 Å². The fraction of sp³-hybridized carbons (Fsp3) is 0.364. The number of amides is 2. The minimum Gasteiger partial charge on any atom is -0.378 e. The van der Waals surface area contributed by atoms with Crippen LogP contribution in [-0.4, -0.2) is 62.7 Å². The van der Waals surface area contributed by atoms with Gasteiger partial charge in [0.1, 0.15) is 5.82 Å². The van der Waals surface area contributed by atoms with Gasteiger partial charge < -0.3 is 20.3 Å². The van der Waals surface area contributed by atoms with Crippen molar-refractivity contribution < 1.29 is 18.7 Å². The van der Waals surface area contributed by atoms with Gasteiger partial charge in [0, 0.05) is 30.2 Å². The van der Waals surface area contributed by atoms with Crippen LogP contribution in [0.15, 0.2) is 48.5 Å². The predicted molar refractivity (Wildman–Crippen MR) is 115 cm³/mol. The minimum atomic E-state index is -0.511. The summed E-state index contributed by atoms with van der Waals surface area (Å²) in [4.78, 5) is 28.6. The van der Waals surface area contributed by atoms with Crippen molar-refractivity contribution in [3.63, 3.8) is 0 Å². The molecule has 30 heavy (non-hydrogen) atoms. The van der Waals surface area contributed by atoms with Gasteiger partial charge in [-0.2, -0.15) is 0 Å². The molecule has 2 amide bonds.